The predicted octanol–water partition coefficient (Wildman–Crippen LogP) is 1.19. The number of nitrogens with zero attached hydrogens (tertiary/aromatic N) is 1. The van der Waals surface area contributed by atoms with Gasteiger partial charge in [0.05, 0.1) is 13.0 Å². The molecule has 0 aromatic rings. The first-order chi connectivity index (χ1) is 8.85. The van der Waals surface area contributed by atoms with Gasteiger partial charge < -0.3 is 20.4 Å². The van der Waals surface area contributed by atoms with Crippen molar-refractivity contribution in [2.75, 3.05) is 13.2 Å². The highest BCUT2D eigenvalue weighted by Gasteiger charge is 2.30. The Morgan fingerprint density at radius 3 is 2.37 bits per heavy atom. The summed E-state index contributed by atoms with van der Waals surface area (Å²) in [4.78, 5) is 24.6. The Labute approximate surface area is 113 Å². The molecule has 0 radical (unpaired) electrons. The van der Waals surface area contributed by atoms with Crippen molar-refractivity contribution in [1.82, 2.24) is 10.2 Å². The fraction of sp³-hybridized carbons (Fsp3) is 0.846. The van der Waals surface area contributed by atoms with E-state index in [0.29, 0.717) is 6.54 Å². The molecule has 0 unspecified atom stereocenters. The number of rotatable bonds is 6. The highest BCUT2D eigenvalue weighted by Crippen LogP contribution is 2.23. The van der Waals surface area contributed by atoms with Crippen molar-refractivity contribution in [3.8, 4) is 0 Å². The Hall–Kier alpha value is -1.30. The molecule has 110 valence electrons. The number of carbonyl (C=O) groups is 2. The molecule has 0 aromatic heterocycles. The predicted molar refractivity (Wildman–Crippen MR) is 70.9 cm³/mol. The van der Waals surface area contributed by atoms with Crippen LogP contribution in [0.25, 0.3) is 0 Å². The van der Waals surface area contributed by atoms with E-state index in [2.05, 4.69) is 5.32 Å². The molecule has 0 aromatic carbocycles. The fourth-order valence-corrected chi connectivity index (χ4v) is 2.56. The minimum absolute atomic E-state index is 0.0801. The van der Waals surface area contributed by atoms with Gasteiger partial charge in [-0.05, 0) is 26.7 Å². The third-order valence-electron chi connectivity index (χ3n) is 3.41. The van der Waals surface area contributed by atoms with E-state index in [1.807, 2.05) is 0 Å². The van der Waals surface area contributed by atoms with Gasteiger partial charge in [-0.15, -0.1) is 0 Å². The lowest BCUT2D eigenvalue weighted by Gasteiger charge is -2.33. The topological polar surface area (TPSA) is 89.9 Å². The minimum Gasteiger partial charge on any atom is -0.481 e. The molecule has 6 nitrogen and oxygen atoms in total. The second-order valence-electron chi connectivity index (χ2n) is 5.74. The van der Waals surface area contributed by atoms with E-state index in [9.17, 15) is 9.59 Å². The fourth-order valence-electron chi connectivity index (χ4n) is 2.56. The monoisotopic (exact) mass is 272 g/mol. The standard InChI is InChI=1S/C13H24N2O4/c1-13(2,9-11(17)18)14-12(19)15(7-8-16)10-5-3-4-6-10/h10,16H,3-9H2,1-2H3,(H,14,19)(H,17,18). The summed E-state index contributed by atoms with van der Waals surface area (Å²) in [5.41, 5.74) is -0.796. The van der Waals surface area contributed by atoms with Crippen LogP contribution in [0.1, 0.15) is 46.0 Å². The van der Waals surface area contributed by atoms with Gasteiger partial charge in [-0.2, -0.15) is 0 Å². The van der Waals surface area contributed by atoms with Gasteiger partial charge in [0, 0.05) is 18.1 Å². The summed E-state index contributed by atoms with van der Waals surface area (Å²) in [6.07, 6.45) is 3.96. The summed E-state index contributed by atoms with van der Waals surface area (Å²) in [6.45, 7) is 3.58. The zero-order chi connectivity index (χ0) is 14.5. The van der Waals surface area contributed by atoms with Crippen LogP contribution < -0.4 is 5.32 Å². The third kappa shape index (κ3) is 5.06. The van der Waals surface area contributed by atoms with Crippen molar-refractivity contribution in [2.24, 2.45) is 0 Å². The van der Waals surface area contributed by atoms with E-state index in [-0.39, 0.29) is 25.1 Å². The molecule has 1 rings (SSSR count). The van der Waals surface area contributed by atoms with E-state index in [0.717, 1.165) is 25.7 Å². The SMILES string of the molecule is CC(C)(CC(=O)O)NC(=O)N(CCO)C1CCCC1. The summed E-state index contributed by atoms with van der Waals surface area (Å²) in [5, 5.41) is 20.6. The molecule has 2 amide bonds. The van der Waals surface area contributed by atoms with Crippen LogP contribution in [0.2, 0.25) is 0 Å². The number of carbonyl (C=O) groups excluding carboxylic acids is 1. The normalized spacial score (nSPS) is 16.4. The van der Waals surface area contributed by atoms with Gasteiger partial charge in [0.2, 0.25) is 0 Å². The van der Waals surface area contributed by atoms with Gasteiger partial charge in [0.1, 0.15) is 0 Å². The lowest BCUT2D eigenvalue weighted by Crippen LogP contribution is -2.54. The Morgan fingerprint density at radius 1 is 1.32 bits per heavy atom. The van der Waals surface area contributed by atoms with Crippen molar-refractivity contribution in [3.63, 3.8) is 0 Å². The van der Waals surface area contributed by atoms with Gasteiger partial charge in [-0.1, -0.05) is 12.8 Å². The Balaban J connectivity index is 2.63. The molecular weight excluding hydrogens is 248 g/mol. The first-order valence-corrected chi connectivity index (χ1v) is 6.77. The van der Waals surface area contributed by atoms with E-state index < -0.39 is 11.5 Å². The molecule has 3 N–H and O–H groups in total. The zero-order valence-corrected chi connectivity index (χ0v) is 11.7. The Kier molecular flexibility index (Phi) is 5.60. The first kappa shape index (κ1) is 15.8. The molecule has 1 aliphatic carbocycles. The minimum atomic E-state index is -0.945. The maximum atomic E-state index is 12.2. The largest absolute Gasteiger partial charge is 0.481 e. The maximum absolute atomic E-state index is 12.2. The second kappa shape index (κ2) is 6.75. The number of carboxylic acid groups (broad SMARTS) is 1. The number of hydrogen-bond acceptors (Lipinski definition) is 3. The Morgan fingerprint density at radius 2 is 1.89 bits per heavy atom. The van der Waals surface area contributed by atoms with Gasteiger partial charge in [0.15, 0.2) is 0 Å². The van der Waals surface area contributed by atoms with Crippen molar-refractivity contribution < 1.29 is 19.8 Å². The zero-order valence-electron chi connectivity index (χ0n) is 11.7. The van der Waals surface area contributed by atoms with Crippen LogP contribution in [0.15, 0.2) is 0 Å². The van der Waals surface area contributed by atoms with Crippen molar-refractivity contribution in [2.45, 2.75) is 57.5 Å². The van der Waals surface area contributed by atoms with Crippen molar-refractivity contribution in [1.29, 1.82) is 0 Å². The maximum Gasteiger partial charge on any atom is 0.318 e. The van der Waals surface area contributed by atoms with E-state index in [4.69, 9.17) is 10.2 Å². The molecule has 1 saturated carbocycles. The number of aliphatic hydroxyl groups is 1. The summed E-state index contributed by atoms with van der Waals surface area (Å²) in [7, 11) is 0. The molecule has 0 aliphatic heterocycles. The number of urea groups is 1. The smallest absolute Gasteiger partial charge is 0.318 e. The molecule has 0 bridgehead atoms. The van der Waals surface area contributed by atoms with E-state index >= 15 is 0 Å². The lowest BCUT2D eigenvalue weighted by atomic mass is 10.0. The van der Waals surface area contributed by atoms with Crippen LogP contribution in [-0.4, -0.2) is 51.8 Å². The lowest BCUT2D eigenvalue weighted by molar-refractivity contribution is -0.138. The molecule has 19 heavy (non-hydrogen) atoms. The first-order valence-electron chi connectivity index (χ1n) is 6.77. The van der Waals surface area contributed by atoms with Crippen LogP contribution in [-0.2, 0) is 4.79 Å². The van der Waals surface area contributed by atoms with Gasteiger partial charge >= 0.3 is 12.0 Å². The number of aliphatic hydroxyl groups excluding tert-OH is 1. The van der Waals surface area contributed by atoms with Crippen LogP contribution in [0, 0.1) is 0 Å². The molecule has 0 atom stereocenters. The molecule has 0 heterocycles. The average Bonchev–Trinajstić information content (AvgIpc) is 2.75. The number of aliphatic carboxylic acids is 1. The third-order valence-corrected chi connectivity index (χ3v) is 3.41. The highest BCUT2D eigenvalue weighted by molar-refractivity contribution is 5.77. The van der Waals surface area contributed by atoms with Crippen LogP contribution in [0.4, 0.5) is 4.79 Å². The second-order valence-corrected chi connectivity index (χ2v) is 5.74. The van der Waals surface area contributed by atoms with E-state index in [1.54, 1.807) is 18.7 Å². The van der Waals surface area contributed by atoms with Crippen LogP contribution >= 0.6 is 0 Å². The molecular formula is C13H24N2O4. The average molecular weight is 272 g/mol. The molecule has 6 heteroatoms. The highest BCUT2D eigenvalue weighted by atomic mass is 16.4. The number of nitrogens with one attached hydrogen (secondary N) is 1. The molecule has 1 aliphatic rings. The van der Waals surface area contributed by atoms with Crippen LogP contribution in [0.3, 0.4) is 0 Å². The van der Waals surface area contributed by atoms with Gasteiger partial charge in [0.25, 0.3) is 0 Å². The number of hydrogen-bond donors (Lipinski definition) is 3. The van der Waals surface area contributed by atoms with Crippen molar-refractivity contribution >= 4 is 12.0 Å². The molecule has 0 saturated heterocycles. The van der Waals surface area contributed by atoms with Crippen molar-refractivity contribution in [3.05, 3.63) is 0 Å². The summed E-state index contributed by atoms with van der Waals surface area (Å²) >= 11 is 0. The molecule has 1 fully saturated rings. The number of carboxylic acids is 1. The van der Waals surface area contributed by atoms with Crippen LogP contribution in [0.5, 0.6) is 0 Å². The number of amides is 2. The quantitative estimate of drug-likeness (QED) is 0.677. The summed E-state index contributed by atoms with van der Waals surface area (Å²) < 4.78 is 0. The van der Waals surface area contributed by atoms with Gasteiger partial charge in [-0.3, -0.25) is 4.79 Å². The summed E-state index contributed by atoms with van der Waals surface area (Å²) in [6, 6.07) is -0.125. The van der Waals surface area contributed by atoms with Gasteiger partial charge in [-0.25, -0.2) is 4.79 Å². The molecule has 0 spiro atoms. The Bertz CT molecular complexity index is 325. The van der Waals surface area contributed by atoms with E-state index in [1.165, 1.54) is 0 Å². The summed E-state index contributed by atoms with van der Waals surface area (Å²) in [5.74, 6) is -0.945.